The zero-order valence-electron chi connectivity index (χ0n) is 13.4. The third-order valence-corrected chi connectivity index (χ3v) is 3.55. The lowest BCUT2D eigenvalue weighted by atomic mass is 10.1. The summed E-state index contributed by atoms with van der Waals surface area (Å²) >= 11 is 0. The van der Waals surface area contributed by atoms with Crippen molar-refractivity contribution in [1.29, 1.82) is 0 Å². The molecule has 0 saturated heterocycles. The number of halogens is 3. The minimum absolute atomic E-state index is 0.326. The Hall–Kier alpha value is -3.35. The molecule has 26 heavy (non-hydrogen) atoms. The number of urea groups is 1. The largest absolute Gasteiger partial charge is 0.416 e. The van der Waals surface area contributed by atoms with Crippen LogP contribution in [-0.2, 0) is 6.18 Å². The monoisotopic (exact) mass is 357 g/mol. The van der Waals surface area contributed by atoms with Gasteiger partial charge in [-0.2, -0.15) is 13.2 Å². The summed E-state index contributed by atoms with van der Waals surface area (Å²) in [5, 5.41) is 5.94. The molecular formula is C19H14F3N3O. The van der Waals surface area contributed by atoms with Gasteiger partial charge < -0.3 is 10.6 Å². The highest BCUT2D eigenvalue weighted by molar-refractivity contribution is 5.92. The molecule has 3 aromatic rings. The Morgan fingerprint density at radius 2 is 1.85 bits per heavy atom. The molecular weight excluding hydrogens is 343 g/mol. The molecule has 0 aliphatic rings. The van der Waals surface area contributed by atoms with Crippen LogP contribution in [0.3, 0.4) is 0 Å². The van der Waals surface area contributed by atoms with Gasteiger partial charge in [-0.3, -0.25) is 4.98 Å². The van der Waals surface area contributed by atoms with Gasteiger partial charge >= 0.3 is 12.2 Å². The average molecular weight is 357 g/mol. The van der Waals surface area contributed by atoms with Crippen molar-refractivity contribution in [2.24, 2.45) is 0 Å². The third kappa shape index (κ3) is 4.38. The summed E-state index contributed by atoms with van der Waals surface area (Å²) in [6.07, 6.45) is -0.219. The molecule has 1 heterocycles. The van der Waals surface area contributed by atoms with E-state index in [1.165, 1.54) is 30.6 Å². The molecule has 7 heteroatoms. The van der Waals surface area contributed by atoms with Crippen molar-refractivity contribution in [1.82, 2.24) is 10.3 Å². The number of benzene rings is 2. The summed E-state index contributed by atoms with van der Waals surface area (Å²) in [7, 11) is 0. The van der Waals surface area contributed by atoms with E-state index in [1.54, 1.807) is 6.07 Å². The summed E-state index contributed by atoms with van der Waals surface area (Å²) in [6.45, 7) is 0. The van der Waals surface area contributed by atoms with Crippen LogP contribution in [0.4, 0.5) is 23.7 Å². The number of alkyl halides is 3. The number of amides is 2. The van der Waals surface area contributed by atoms with Crippen LogP contribution in [-0.4, -0.2) is 11.0 Å². The number of fused-ring (bicyclic) bond motifs is 1. The number of anilines is 1. The Kier molecular flexibility index (Phi) is 4.88. The highest BCUT2D eigenvalue weighted by Gasteiger charge is 2.30. The number of hydrogen-bond acceptors (Lipinski definition) is 2. The van der Waals surface area contributed by atoms with Gasteiger partial charge in [0.25, 0.3) is 0 Å². The van der Waals surface area contributed by atoms with Gasteiger partial charge in [-0.25, -0.2) is 4.79 Å². The van der Waals surface area contributed by atoms with Crippen LogP contribution in [0.15, 0.2) is 67.0 Å². The number of nitrogens with zero attached hydrogens (tertiary/aromatic N) is 1. The summed E-state index contributed by atoms with van der Waals surface area (Å²) in [5.41, 5.74) is 0.899. The number of nitrogens with one attached hydrogen (secondary N) is 2. The molecule has 0 radical (unpaired) electrons. The van der Waals surface area contributed by atoms with Gasteiger partial charge in [-0.1, -0.05) is 30.3 Å². The van der Waals surface area contributed by atoms with Crippen LogP contribution in [0.25, 0.3) is 17.0 Å². The van der Waals surface area contributed by atoms with Crippen LogP contribution < -0.4 is 10.6 Å². The molecule has 4 nitrogen and oxygen atoms in total. The maximum atomic E-state index is 12.7. The van der Waals surface area contributed by atoms with E-state index in [1.807, 2.05) is 24.3 Å². The van der Waals surface area contributed by atoms with Crippen LogP contribution in [0.5, 0.6) is 0 Å². The van der Waals surface area contributed by atoms with E-state index in [0.717, 1.165) is 23.0 Å². The highest BCUT2D eigenvalue weighted by Crippen LogP contribution is 2.29. The molecule has 0 aliphatic heterocycles. The van der Waals surface area contributed by atoms with Gasteiger partial charge in [0.15, 0.2) is 0 Å². The fourth-order valence-electron chi connectivity index (χ4n) is 2.34. The molecule has 0 aliphatic carbocycles. The van der Waals surface area contributed by atoms with Gasteiger partial charge in [0, 0.05) is 11.6 Å². The van der Waals surface area contributed by atoms with Crippen LogP contribution in [0.2, 0.25) is 0 Å². The van der Waals surface area contributed by atoms with E-state index in [0.29, 0.717) is 11.3 Å². The second-order valence-corrected chi connectivity index (χ2v) is 5.47. The molecule has 0 spiro atoms. The number of pyridine rings is 1. The summed E-state index contributed by atoms with van der Waals surface area (Å²) in [4.78, 5) is 16.1. The smallest absolute Gasteiger partial charge is 0.314 e. The maximum absolute atomic E-state index is 12.7. The van der Waals surface area contributed by atoms with Crippen molar-refractivity contribution in [2.75, 3.05) is 5.32 Å². The summed E-state index contributed by atoms with van der Waals surface area (Å²) in [6, 6.07) is 13.5. The van der Waals surface area contributed by atoms with Gasteiger partial charge in [0.1, 0.15) is 0 Å². The van der Waals surface area contributed by atoms with E-state index >= 15 is 0 Å². The molecule has 3 rings (SSSR count). The lowest BCUT2D eigenvalue weighted by Gasteiger charge is -2.07. The van der Waals surface area contributed by atoms with Crippen molar-refractivity contribution in [3.8, 4) is 0 Å². The van der Waals surface area contributed by atoms with E-state index < -0.39 is 17.8 Å². The number of aromatic nitrogens is 1. The second-order valence-electron chi connectivity index (χ2n) is 5.47. The zero-order chi connectivity index (χ0) is 18.6. The molecule has 2 aromatic carbocycles. The molecule has 2 N–H and O–H groups in total. The first kappa shape index (κ1) is 17.5. The Balaban J connectivity index is 1.62. The predicted octanol–water partition coefficient (Wildman–Crippen LogP) is 5.05. The van der Waals surface area contributed by atoms with Crippen LogP contribution >= 0.6 is 0 Å². The van der Waals surface area contributed by atoms with Crippen LogP contribution in [0.1, 0.15) is 11.1 Å². The van der Waals surface area contributed by atoms with Gasteiger partial charge in [-0.15, -0.1) is 0 Å². The summed E-state index contributed by atoms with van der Waals surface area (Å²) < 4.78 is 38.0. The van der Waals surface area contributed by atoms with E-state index in [9.17, 15) is 18.0 Å². The minimum Gasteiger partial charge on any atom is -0.314 e. The quantitative estimate of drug-likeness (QED) is 0.689. The predicted molar refractivity (Wildman–Crippen MR) is 94.4 cm³/mol. The van der Waals surface area contributed by atoms with Gasteiger partial charge in [0.2, 0.25) is 0 Å². The third-order valence-electron chi connectivity index (χ3n) is 3.55. The lowest BCUT2D eigenvalue weighted by molar-refractivity contribution is -0.137. The Morgan fingerprint density at radius 3 is 2.65 bits per heavy atom. The molecule has 0 unspecified atom stereocenters. The van der Waals surface area contributed by atoms with Gasteiger partial charge in [0.05, 0.1) is 23.0 Å². The molecule has 0 saturated carbocycles. The number of hydrogen-bond donors (Lipinski definition) is 2. The number of para-hydroxylation sites is 1. The Bertz CT molecular complexity index is 967. The second kappa shape index (κ2) is 7.26. The van der Waals surface area contributed by atoms with Crippen molar-refractivity contribution in [2.45, 2.75) is 6.18 Å². The fourth-order valence-corrected chi connectivity index (χ4v) is 2.34. The van der Waals surface area contributed by atoms with E-state index in [4.69, 9.17) is 0 Å². The number of carbonyl (C=O) groups excluding carboxylic acids is 1. The first-order valence-corrected chi connectivity index (χ1v) is 7.68. The normalized spacial score (nSPS) is 11.7. The van der Waals surface area contributed by atoms with Crippen molar-refractivity contribution in [3.63, 3.8) is 0 Å². The number of rotatable bonds is 3. The van der Waals surface area contributed by atoms with Crippen molar-refractivity contribution >= 4 is 28.7 Å². The molecule has 0 fully saturated rings. The van der Waals surface area contributed by atoms with E-state index in [2.05, 4.69) is 15.6 Å². The molecule has 132 valence electrons. The topological polar surface area (TPSA) is 54.0 Å². The SMILES string of the molecule is O=C(N/C=C/c1cccc(C(F)(F)F)c1)Nc1cnc2ccccc2c1. The molecule has 0 atom stereocenters. The first-order valence-electron chi connectivity index (χ1n) is 7.68. The fraction of sp³-hybridized carbons (Fsp3) is 0.0526. The standard InChI is InChI=1S/C19H14F3N3O/c20-19(21,22)15-6-3-4-13(10-15)8-9-23-18(26)25-16-11-14-5-1-2-7-17(14)24-12-16/h1-12H,(H2,23,25,26)/b9-8+. The highest BCUT2D eigenvalue weighted by atomic mass is 19.4. The molecule has 1 aromatic heterocycles. The number of carbonyl (C=O) groups is 1. The lowest BCUT2D eigenvalue weighted by Crippen LogP contribution is -2.23. The maximum Gasteiger partial charge on any atom is 0.416 e. The molecule has 0 bridgehead atoms. The zero-order valence-corrected chi connectivity index (χ0v) is 13.4. The Morgan fingerprint density at radius 1 is 1.04 bits per heavy atom. The van der Waals surface area contributed by atoms with Crippen molar-refractivity contribution in [3.05, 3.63) is 78.1 Å². The minimum atomic E-state index is -4.41. The van der Waals surface area contributed by atoms with Gasteiger partial charge in [-0.05, 0) is 35.9 Å². The first-order chi connectivity index (χ1) is 12.4. The average Bonchev–Trinajstić information content (AvgIpc) is 2.61. The Labute approximate surface area is 147 Å². The molecule has 2 amide bonds. The van der Waals surface area contributed by atoms with E-state index in [-0.39, 0.29) is 0 Å². The van der Waals surface area contributed by atoms with Crippen molar-refractivity contribution < 1.29 is 18.0 Å². The summed E-state index contributed by atoms with van der Waals surface area (Å²) in [5.74, 6) is 0. The van der Waals surface area contributed by atoms with Crippen LogP contribution in [0, 0.1) is 0 Å².